The van der Waals surface area contributed by atoms with E-state index in [0.29, 0.717) is 6.42 Å². The Morgan fingerprint density at radius 1 is 0.818 bits per heavy atom. The molecule has 0 spiro atoms. The maximum atomic E-state index is 14.6. The molecular weight excluding hydrogens is 421 g/mol. The number of rotatable bonds is 12. The second-order valence-electron chi connectivity index (χ2n) is 10.8. The molecule has 0 radical (unpaired) electrons. The molecule has 0 N–H and O–H groups in total. The molecule has 0 aliphatic heterocycles. The minimum absolute atomic E-state index is 0.211. The highest BCUT2D eigenvalue weighted by atomic mass is 19.1. The fourth-order valence-corrected chi connectivity index (χ4v) is 6.28. The van der Waals surface area contributed by atoms with Crippen LogP contribution in [0.4, 0.5) is 13.2 Å². The van der Waals surface area contributed by atoms with Gasteiger partial charge in [0.05, 0.1) is 0 Å². The van der Waals surface area contributed by atoms with Gasteiger partial charge < -0.3 is 4.74 Å². The van der Waals surface area contributed by atoms with Gasteiger partial charge in [0.2, 0.25) is 0 Å². The Labute approximate surface area is 199 Å². The molecule has 33 heavy (non-hydrogen) atoms. The zero-order valence-corrected chi connectivity index (χ0v) is 20.9. The first-order valence-electron chi connectivity index (χ1n) is 13.8. The van der Waals surface area contributed by atoms with E-state index < -0.39 is 23.6 Å². The number of ether oxygens (including phenoxy) is 1. The molecule has 3 rings (SSSR count). The van der Waals surface area contributed by atoms with Gasteiger partial charge in [-0.15, -0.1) is 0 Å². The highest BCUT2D eigenvalue weighted by Gasteiger charge is 2.31. The van der Waals surface area contributed by atoms with Crippen LogP contribution in [0.15, 0.2) is 12.1 Å². The quantitative estimate of drug-likeness (QED) is 0.279. The van der Waals surface area contributed by atoms with Crippen LogP contribution in [0.25, 0.3) is 0 Å². The van der Waals surface area contributed by atoms with Gasteiger partial charge in [-0.05, 0) is 86.3 Å². The van der Waals surface area contributed by atoms with Crippen molar-refractivity contribution < 1.29 is 17.9 Å². The van der Waals surface area contributed by atoms with Crippen molar-refractivity contribution in [2.45, 2.75) is 122 Å². The third-order valence-electron chi connectivity index (χ3n) is 8.30. The summed E-state index contributed by atoms with van der Waals surface area (Å²) in [4.78, 5) is 0. The van der Waals surface area contributed by atoms with Gasteiger partial charge >= 0.3 is 0 Å². The van der Waals surface area contributed by atoms with Crippen LogP contribution >= 0.6 is 0 Å². The fourth-order valence-electron chi connectivity index (χ4n) is 6.28. The Morgan fingerprint density at radius 2 is 1.42 bits per heavy atom. The van der Waals surface area contributed by atoms with E-state index in [4.69, 9.17) is 4.74 Å². The van der Waals surface area contributed by atoms with Gasteiger partial charge in [-0.2, -0.15) is 0 Å². The van der Waals surface area contributed by atoms with Crippen LogP contribution in [0.1, 0.15) is 122 Å². The lowest BCUT2D eigenvalue weighted by Gasteiger charge is -2.38. The molecule has 188 valence electrons. The highest BCUT2D eigenvalue weighted by Crippen LogP contribution is 2.45. The number of hydrogen-bond donors (Lipinski definition) is 0. The molecule has 0 amide bonds. The van der Waals surface area contributed by atoms with E-state index in [0.717, 1.165) is 74.7 Å². The molecule has 2 aliphatic carbocycles. The van der Waals surface area contributed by atoms with Crippen molar-refractivity contribution in [2.24, 2.45) is 17.8 Å². The molecule has 2 fully saturated rings. The molecule has 1 nitrogen and oxygen atoms in total. The predicted octanol–water partition coefficient (Wildman–Crippen LogP) is 9.53. The minimum atomic E-state index is -1.19. The van der Waals surface area contributed by atoms with E-state index in [9.17, 15) is 13.2 Å². The molecule has 0 bridgehead atoms. The summed E-state index contributed by atoms with van der Waals surface area (Å²) in [6.07, 6.45) is 15.6. The van der Waals surface area contributed by atoms with Crippen molar-refractivity contribution in [1.82, 2.24) is 0 Å². The van der Waals surface area contributed by atoms with Gasteiger partial charge in [0.1, 0.15) is 12.8 Å². The zero-order chi connectivity index (χ0) is 23.6. The second-order valence-corrected chi connectivity index (χ2v) is 10.8. The first kappa shape index (κ1) is 26.4. The van der Waals surface area contributed by atoms with Crippen LogP contribution in [0.3, 0.4) is 0 Å². The number of halogens is 3. The van der Waals surface area contributed by atoms with E-state index in [-0.39, 0.29) is 12.5 Å². The summed E-state index contributed by atoms with van der Waals surface area (Å²) in [6.45, 7) is 4.10. The van der Waals surface area contributed by atoms with E-state index in [1.165, 1.54) is 50.7 Å². The Morgan fingerprint density at radius 3 is 2.00 bits per heavy atom. The summed E-state index contributed by atoms with van der Waals surface area (Å²) < 4.78 is 48.6. The van der Waals surface area contributed by atoms with Crippen LogP contribution < -0.4 is 4.74 Å². The summed E-state index contributed by atoms with van der Waals surface area (Å²) in [5, 5.41) is 0. The SMILES string of the molecule is CCCCCC[C@H](F)COc1c(F)cc(C2CCC(C3CCC(CCC)CC3)CC2)cc1F. The summed E-state index contributed by atoms with van der Waals surface area (Å²) in [5.41, 5.74) is 0.735. The third kappa shape index (κ3) is 7.92. The second kappa shape index (κ2) is 13.6. The van der Waals surface area contributed by atoms with E-state index in [1.54, 1.807) is 0 Å². The Balaban J connectivity index is 1.46. The standard InChI is InChI=1S/C29H45F3O/c1-3-5-6-7-9-26(30)20-33-29-27(31)18-25(19-28(29)32)24-16-14-23(15-17-24)22-12-10-21(8-4-2)11-13-22/h18-19,21-24,26H,3-17,20H2,1-2H3/t21?,22?,23?,24?,26-/m0/s1. The topological polar surface area (TPSA) is 9.23 Å². The monoisotopic (exact) mass is 466 g/mol. The average Bonchev–Trinajstić information content (AvgIpc) is 2.82. The minimum Gasteiger partial charge on any atom is -0.485 e. The van der Waals surface area contributed by atoms with Crippen molar-refractivity contribution in [3.63, 3.8) is 0 Å². The normalized spacial score (nSPS) is 26.8. The van der Waals surface area contributed by atoms with Crippen molar-refractivity contribution in [3.05, 3.63) is 29.3 Å². The van der Waals surface area contributed by atoms with Crippen LogP contribution in [-0.4, -0.2) is 12.8 Å². The molecule has 4 heteroatoms. The fraction of sp³-hybridized carbons (Fsp3) is 0.793. The molecular formula is C29H45F3O. The molecule has 0 saturated heterocycles. The van der Waals surface area contributed by atoms with Crippen LogP contribution in [0, 0.1) is 29.4 Å². The number of hydrogen-bond acceptors (Lipinski definition) is 1. The van der Waals surface area contributed by atoms with Crippen LogP contribution in [0.5, 0.6) is 5.75 Å². The summed E-state index contributed by atoms with van der Waals surface area (Å²) in [6, 6.07) is 2.85. The number of alkyl halides is 1. The maximum absolute atomic E-state index is 14.6. The number of unbranched alkanes of at least 4 members (excludes halogenated alkanes) is 3. The molecule has 1 atom stereocenters. The van der Waals surface area contributed by atoms with Gasteiger partial charge in [0.15, 0.2) is 17.4 Å². The predicted molar refractivity (Wildman–Crippen MR) is 131 cm³/mol. The molecule has 2 aliphatic rings. The highest BCUT2D eigenvalue weighted by molar-refractivity contribution is 5.33. The first-order chi connectivity index (χ1) is 16.0. The zero-order valence-electron chi connectivity index (χ0n) is 20.9. The third-order valence-corrected chi connectivity index (χ3v) is 8.30. The summed E-state index contributed by atoms with van der Waals surface area (Å²) >= 11 is 0. The lowest BCUT2D eigenvalue weighted by molar-refractivity contribution is 0.156. The molecule has 0 heterocycles. The van der Waals surface area contributed by atoms with Crippen molar-refractivity contribution in [2.75, 3.05) is 6.61 Å². The summed E-state index contributed by atoms with van der Waals surface area (Å²) in [7, 11) is 0. The van der Waals surface area contributed by atoms with Gasteiger partial charge in [-0.25, -0.2) is 13.2 Å². The summed E-state index contributed by atoms with van der Waals surface area (Å²) in [5.74, 6) is 0.955. The molecule has 0 aromatic heterocycles. The first-order valence-corrected chi connectivity index (χ1v) is 13.8. The maximum Gasteiger partial charge on any atom is 0.190 e. The van der Waals surface area contributed by atoms with Gasteiger partial charge in [-0.1, -0.05) is 65.2 Å². The Hall–Kier alpha value is -1.19. The lowest BCUT2D eigenvalue weighted by Crippen LogP contribution is -2.25. The van der Waals surface area contributed by atoms with Crippen molar-refractivity contribution >= 4 is 0 Å². The smallest absolute Gasteiger partial charge is 0.190 e. The van der Waals surface area contributed by atoms with Crippen LogP contribution in [-0.2, 0) is 0 Å². The van der Waals surface area contributed by atoms with Crippen molar-refractivity contribution in [3.8, 4) is 5.75 Å². The average molecular weight is 467 g/mol. The van der Waals surface area contributed by atoms with E-state index in [2.05, 4.69) is 13.8 Å². The molecule has 0 unspecified atom stereocenters. The molecule has 1 aromatic rings. The van der Waals surface area contributed by atoms with Gasteiger partial charge in [-0.3, -0.25) is 0 Å². The number of benzene rings is 1. The molecule has 2 saturated carbocycles. The molecule has 1 aromatic carbocycles. The lowest BCUT2D eigenvalue weighted by atomic mass is 9.68. The van der Waals surface area contributed by atoms with Crippen molar-refractivity contribution in [1.29, 1.82) is 0 Å². The Bertz CT molecular complexity index is 667. The van der Waals surface area contributed by atoms with E-state index >= 15 is 0 Å². The largest absolute Gasteiger partial charge is 0.485 e. The van der Waals surface area contributed by atoms with Crippen LogP contribution in [0.2, 0.25) is 0 Å². The Kier molecular flexibility index (Phi) is 10.9. The van der Waals surface area contributed by atoms with Gasteiger partial charge in [0.25, 0.3) is 0 Å². The van der Waals surface area contributed by atoms with Gasteiger partial charge in [0, 0.05) is 0 Å². The van der Waals surface area contributed by atoms with E-state index in [1.807, 2.05) is 0 Å².